The average molecular weight is 799 g/mol. The van der Waals surface area contributed by atoms with Crippen LogP contribution in [-0.4, -0.2) is 35.8 Å². The Balaban J connectivity index is 1.68. The predicted octanol–water partition coefficient (Wildman–Crippen LogP) is 7.88. The highest BCUT2D eigenvalue weighted by atomic mass is 16.6. The Morgan fingerprint density at radius 1 is 0.441 bits per heavy atom. The molecule has 1 unspecified atom stereocenters. The maximum atomic E-state index is 12.4. The van der Waals surface area contributed by atoms with Gasteiger partial charge in [-0.2, -0.15) is 0 Å². The zero-order valence-corrected chi connectivity index (χ0v) is 32.9. The van der Waals surface area contributed by atoms with Gasteiger partial charge in [-0.1, -0.05) is 42.5 Å². The highest BCUT2D eigenvalue weighted by molar-refractivity contribution is 5.77. The van der Waals surface area contributed by atoms with Gasteiger partial charge in [-0.05, 0) is 88.5 Å². The molecule has 300 valence electrons. The molecular weight excluding hydrogens is 760 g/mol. The second-order valence-corrected chi connectivity index (χ2v) is 13.5. The van der Waals surface area contributed by atoms with Gasteiger partial charge in [-0.15, -0.1) is 0 Å². The summed E-state index contributed by atoms with van der Waals surface area (Å²) in [5.74, 6) is -2.30. The Morgan fingerprint density at radius 3 is 1.20 bits per heavy atom. The van der Waals surface area contributed by atoms with Crippen LogP contribution in [0.25, 0.3) is 12.2 Å². The summed E-state index contributed by atoms with van der Waals surface area (Å²) in [6.45, 7) is 7.52. The highest BCUT2D eigenvalue weighted by Crippen LogP contribution is 2.60. The van der Waals surface area contributed by atoms with Crippen molar-refractivity contribution in [2.24, 2.45) is 0 Å². The summed E-state index contributed by atoms with van der Waals surface area (Å²) in [6.07, 6.45) is 2.74. The molecule has 0 saturated carbocycles. The number of esters is 6. The van der Waals surface area contributed by atoms with E-state index in [0.29, 0.717) is 39.3 Å². The summed E-state index contributed by atoms with van der Waals surface area (Å²) in [5, 5.41) is 0. The van der Waals surface area contributed by atoms with Crippen molar-refractivity contribution in [2.75, 3.05) is 0 Å². The van der Waals surface area contributed by atoms with Crippen LogP contribution < -0.4 is 33.2 Å². The molecule has 1 aliphatic heterocycles. The molecule has 13 nitrogen and oxygen atoms in total. The van der Waals surface area contributed by atoms with Crippen LogP contribution in [0.15, 0.2) is 103 Å². The van der Waals surface area contributed by atoms with E-state index in [1.165, 1.54) is 53.7 Å². The molecule has 1 aliphatic rings. The lowest BCUT2D eigenvalue weighted by Crippen LogP contribution is -2.35. The number of carbonyl (C=O) groups is 6. The summed E-state index contributed by atoms with van der Waals surface area (Å²) < 4.78 is 39.8. The molecule has 0 aliphatic carbocycles. The van der Waals surface area contributed by atoms with Gasteiger partial charge in [0, 0.05) is 59.2 Å². The molecule has 0 spiro atoms. The average Bonchev–Trinajstić information content (AvgIpc) is 3.48. The summed E-state index contributed by atoms with van der Waals surface area (Å²) in [4.78, 5) is 72.9. The number of carbonyl (C=O) groups excluding carboxylic acids is 6. The van der Waals surface area contributed by atoms with Crippen LogP contribution >= 0.6 is 0 Å². The van der Waals surface area contributed by atoms with Crippen LogP contribution in [0.5, 0.6) is 40.2 Å². The topological polar surface area (TPSA) is 167 Å². The van der Waals surface area contributed by atoms with Crippen molar-refractivity contribution in [3.05, 3.63) is 137 Å². The van der Waals surface area contributed by atoms with Gasteiger partial charge in [-0.25, -0.2) is 0 Å². The fraction of sp³-hybridized carbons (Fsp3) is 0.174. The lowest BCUT2D eigenvalue weighted by Gasteiger charge is -2.37. The van der Waals surface area contributed by atoms with Crippen molar-refractivity contribution in [2.45, 2.75) is 53.1 Å². The summed E-state index contributed by atoms with van der Waals surface area (Å²) in [6, 6.07) is 28.3. The lowest BCUT2D eigenvalue weighted by molar-refractivity contribution is -0.133. The first-order chi connectivity index (χ1) is 28.1. The Labute approximate surface area is 339 Å². The van der Waals surface area contributed by atoms with Gasteiger partial charge in [0.25, 0.3) is 0 Å². The molecule has 5 aromatic rings. The second kappa shape index (κ2) is 17.3. The van der Waals surface area contributed by atoms with E-state index in [4.69, 9.17) is 33.2 Å². The first kappa shape index (κ1) is 41.1. The zero-order valence-electron chi connectivity index (χ0n) is 32.9. The molecule has 0 fully saturated rings. The number of hydrogen-bond acceptors (Lipinski definition) is 13. The van der Waals surface area contributed by atoms with Gasteiger partial charge < -0.3 is 33.2 Å². The van der Waals surface area contributed by atoms with Crippen LogP contribution in [0.4, 0.5) is 0 Å². The number of rotatable bonds is 11. The van der Waals surface area contributed by atoms with Crippen molar-refractivity contribution in [3.63, 3.8) is 0 Å². The van der Waals surface area contributed by atoms with Gasteiger partial charge in [0.1, 0.15) is 46.4 Å². The normalized spacial score (nSPS) is 13.7. The predicted molar refractivity (Wildman–Crippen MR) is 212 cm³/mol. The molecule has 6 rings (SSSR count). The van der Waals surface area contributed by atoms with Gasteiger partial charge in [0.15, 0.2) is 0 Å². The first-order valence-corrected chi connectivity index (χ1v) is 18.2. The Morgan fingerprint density at radius 2 is 0.797 bits per heavy atom. The SMILES string of the molecule is CC(=O)Oc1ccc(/C=C/c2ccc3c(c2)C(c2cc(OC(C)=O)cc(OC(C)=O)c2)(c2cc(OC(C)=O)cc(OC(C)=O)c2)C(c2ccc(OC(C)=O)cc2)O3)cc1. The van der Waals surface area contributed by atoms with Crippen molar-refractivity contribution >= 4 is 48.0 Å². The molecule has 59 heavy (non-hydrogen) atoms. The molecule has 1 heterocycles. The van der Waals surface area contributed by atoms with Crippen LogP contribution in [0.1, 0.15) is 81.0 Å². The maximum Gasteiger partial charge on any atom is 0.308 e. The number of fused-ring (bicyclic) bond motifs is 1. The number of hydrogen-bond donors (Lipinski definition) is 0. The number of benzene rings is 5. The molecule has 0 N–H and O–H groups in total. The monoisotopic (exact) mass is 798 g/mol. The van der Waals surface area contributed by atoms with Crippen LogP contribution in [-0.2, 0) is 34.2 Å². The molecule has 0 bridgehead atoms. The van der Waals surface area contributed by atoms with Crippen molar-refractivity contribution in [3.8, 4) is 40.2 Å². The Kier molecular flexibility index (Phi) is 12.1. The van der Waals surface area contributed by atoms with Gasteiger partial charge >= 0.3 is 35.8 Å². The quantitative estimate of drug-likeness (QED) is 0.0720. The van der Waals surface area contributed by atoms with Crippen LogP contribution in [0.2, 0.25) is 0 Å². The fourth-order valence-electron chi connectivity index (χ4n) is 6.90. The fourth-order valence-corrected chi connectivity index (χ4v) is 6.90. The van der Waals surface area contributed by atoms with E-state index in [2.05, 4.69) is 0 Å². The van der Waals surface area contributed by atoms with Gasteiger partial charge in [-0.3, -0.25) is 28.8 Å². The maximum absolute atomic E-state index is 12.4. The van der Waals surface area contributed by atoms with Gasteiger partial charge in [0.05, 0.1) is 5.41 Å². The van der Waals surface area contributed by atoms with E-state index >= 15 is 0 Å². The molecule has 0 radical (unpaired) electrons. The minimum atomic E-state index is -1.51. The standard InChI is InChI=1S/C46H38O13/c1-26(47)53-37-14-9-32(10-15-37)7-8-33-11-18-44-43(19-33)46(45(59-44)34-12-16-38(17-13-34)54-27(2)48,35-20-39(55-28(3)49)24-40(21-35)56-29(4)50)36-22-41(57-30(5)51)25-42(23-36)58-31(6)52/h7-25,45H,1-6H3/b8-7+. The Hall–Kier alpha value is -7.54. The van der Waals surface area contributed by atoms with Crippen molar-refractivity contribution in [1.82, 2.24) is 0 Å². The van der Waals surface area contributed by atoms with E-state index in [-0.39, 0.29) is 28.7 Å². The smallest absolute Gasteiger partial charge is 0.308 e. The summed E-state index contributed by atoms with van der Waals surface area (Å²) in [5.41, 5.74) is 1.90. The molecule has 5 aromatic carbocycles. The largest absolute Gasteiger partial charge is 0.484 e. The van der Waals surface area contributed by atoms with E-state index in [9.17, 15) is 28.8 Å². The van der Waals surface area contributed by atoms with E-state index < -0.39 is 47.3 Å². The minimum absolute atomic E-state index is 0.0348. The third-order valence-electron chi connectivity index (χ3n) is 8.84. The molecule has 1 atom stereocenters. The second-order valence-electron chi connectivity index (χ2n) is 13.5. The van der Waals surface area contributed by atoms with Gasteiger partial charge in [0.2, 0.25) is 0 Å². The Bertz CT molecular complexity index is 2350. The van der Waals surface area contributed by atoms with E-state index in [1.807, 2.05) is 24.3 Å². The molecule has 0 aromatic heterocycles. The minimum Gasteiger partial charge on any atom is -0.484 e. The zero-order chi connectivity index (χ0) is 42.4. The van der Waals surface area contributed by atoms with E-state index in [0.717, 1.165) is 5.56 Å². The molecule has 0 amide bonds. The molecule has 0 saturated heterocycles. The molecule has 13 heteroatoms. The lowest BCUT2D eigenvalue weighted by atomic mass is 9.65. The molecular formula is C46H38O13. The third-order valence-corrected chi connectivity index (χ3v) is 8.84. The first-order valence-electron chi connectivity index (χ1n) is 18.2. The van der Waals surface area contributed by atoms with Crippen molar-refractivity contribution < 1.29 is 61.9 Å². The highest BCUT2D eigenvalue weighted by Gasteiger charge is 2.53. The third kappa shape index (κ3) is 9.71. The van der Waals surface area contributed by atoms with Crippen LogP contribution in [0, 0.1) is 0 Å². The van der Waals surface area contributed by atoms with Crippen molar-refractivity contribution in [1.29, 1.82) is 0 Å². The number of ether oxygens (including phenoxy) is 7. The summed E-state index contributed by atoms with van der Waals surface area (Å²) in [7, 11) is 0. The van der Waals surface area contributed by atoms with E-state index in [1.54, 1.807) is 78.9 Å². The summed E-state index contributed by atoms with van der Waals surface area (Å²) >= 11 is 0. The van der Waals surface area contributed by atoms with Crippen LogP contribution in [0.3, 0.4) is 0 Å².